The smallest absolute Gasteiger partial charge is 0.381 e. The minimum absolute atomic E-state index is 0.148. The van der Waals surface area contributed by atoms with E-state index < -0.39 is 17.6 Å². The number of benzene rings is 2. The molecule has 2 fully saturated rings. The van der Waals surface area contributed by atoms with E-state index >= 15 is 0 Å². The van der Waals surface area contributed by atoms with E-state index in [1.54, 1.807) is 21.9 Å². The molecular weight excluding hydrogens is 442 g/mol. The van der Waals surface area contributed by atoms with Crippen molar-refractivity contribution in [1.29, 1.82) is 0 Å². The first-order valence-electron chi connectivity index (χ1n) is 10.7. The van der Waals surface area contributed by atoms with Crippen LogP contribution in [0.3, 0.4) is 0 Å². The van der Waals surface area contributed by atoms with Gasteiger partial charge in [0.15, 0.2) is 0 Å². The lowest BCUT2D eigenvalue weighted by atomic mass is 9.87. The summed E-state index contributed by atoms with van der Waals surface area (Å²) in [6, 6.07) is 7.75. The van der Waals surface area contributed by atoms with Gasteiger partial charge in [-0.15, -0.1) is 4.91 Å². The molecule has 176 valence electrons. The number of nitrogens with zero attached hydrogens (tertiary/aromatic N) is 3. The quantitative estimate of drug-likeness (QED) is 0.466. The van der Waals surface area contributed by atoms with Crippen LogP contribution < -0.4 is 4.90 Å². The second-order valence-electron chi connectivity index (χ2n) is 8.19. The van der Waals surface area contributed by atoms with Crippen LogP contribution in [0.2, 0.25) is 0 Å². The number of hydrogen-bond acceptors (Lipinski definition) is 5. The first-order chi connectivity index (χ1) is 15.8. The number of halogens is 4. The van der Waals surface area contributed by atoms with Gasteiger partial charge in [-0.2, -0.15) is 13.2 Å². The highest BCUT2D eigenvalue weighted by Crippen LogP contribution is 2.34. The maximum Gasteiger partial charge on any atom is 0.419 e. The Hall–Kier alpha value is -3.01. The minimum Gasteiger partial charge on any atom is -0.381 e. The SMILES string of the molecule is O=Nc1ccc(C2CCOCC2)c(C(=O)N2CCN(c3ccc(C(F)(F)F)c(F)c3)CC2)c1. The molecule has 4 rings (SSSR count). The summed E-state index contributed by atoms with van der Waals surface area (Å²) in [5, 5.41) is 2.96. The number of piperazine rings is 1. The van der Waals surface area contributed by atoms with Crippen LogP contribution in [0.15, 0.2) is 41.6 Å². The van der Waals surface area contributed by atoms with Gasteiger partial charge in [0.05, 0.1) is 5.56 Å². The molecule has 1 amide bonds. The lowest BCUT2D eigenvalue weighted by Crippen LogP contribution is -2.49. The molecule has 10 heteroatoms. The average Bonchev–Trinajstić information content (AvgIpc) is 2.83. The Bertz CT molecular complexity index is 1030. The van der Waals surface area contributed by atoms with Gasteiger partial charge in [0, 0.05) is 50.6 Å². The molecule has 2 aliphatic rings. The fourth-order valence-electron chi connectivity index (χ4n) is 4.42. The summed E-state index contributed by atoms with van der Waals surface area (Å²) in [7, 11) is 0. The number of rotatable bonds is 4. The standard InChI is InChI=1S/C23H23F4N3O3/c24-21-14-17(2-4-20(21)23(25,26)27)29-7-9-30(10-8-29)22(31)19-13-16(28-32)1-3-18(19)15-5-11-33-12-6-15/h1-4,13-15H,5-12H2. The molecule has 2 aromatic carbocycles. The van der Waals surface area contributed by atoms with E-state index in [-0.39, 0.29) is 17.5 Å². The van der Waals surface area contributed by atoms with Crippen molar-refractivity contribution in [2.24, 2.45) is 5.18 Å². The highest BCUT2D eigenvalue weighted by atomic mass is 19.4. The first kappa shape index (κ1) is 23.2. The molecule has 33 heavy (non-hydrogen) atoms. The van der Waals surface area contributed by atoms with Gasteiger partial charge in [-0.05, 0) is 59.8 Å². The van der Waals surface area contributed by atoms with E-state index in [0.29, 0.717) is 50.6 Å². The first-order valence-corrected chi connectivity index (χ1v) is 10.7. The van der Waals surface area contributed by atoms with E-state index in [9.17, 15) is 27.3 Å². The zero-order valence-corrected chi connectivity index (χ0v) is 17.8. The van der Waals surface area contributed by atoms with E-state index in [1.807, 2.05) is 0 Å². The predicted octanol–water partition coefficient (Wildman–Crippen LogP) is 5.10. The number of nitroso groups, excluding NO2 is 1. The number of amides is 1. The van der Waals surface area contributed by atoms with E-state index in [0.717, 1.165) is 30.5 Å². The fraction of sp³-hybridized carbons (Fsp3) is 0.435. The highest BCUT2D eigenvalue weighted by Gasteiger charge is 2.34. The number of carbonyl (C=O) groups is 1. The molecule has 0 radical (unpaired) electrons. The van der Waals surface area contributed by atoms with Crippen molar-refractivity contribution in [3.63, 3.8) is 0 Å². The lowest BCUT2D eigenvalue weighted by molar-refractivity contribution is -0.139. The number of anilines is 1. The van der Waals surface area contributed by atoms with Gasteiger partial charge in [-0.25, -0.2) is 4.39 Å². The van der Waals surface area contributed by atoms with Crippen LogP contribution in [-0.2, 0) is 10.9 Å². The van der Waals surface area contributed by atoms with Gasteiger partial charge < -0.3 is 14.5 Å². The largest absolute Gasteiger partial charge is 0.419 e. The van der Waals surface area contributed by atoms with E-state index in [4.69, 9.17) is 4.74 Å². The molecule has 2 heterocycles. The van der Waals surface area contributed by atoms with Crippen molar-refractivity contribution in [2.45, 2.75) is 24.9 Å². The molecule has 2 saturated heterocycles. The van der Waals surface area contributed by atoms with Gasteiger partial charge in [-0.1, -0.05) is 6.07 Å². The van der Waals surface area contributed by atoms with E-state index in [1.165, 1.54) is 12.1 Å². The molecular formula is C23H23F4N3O3. The molecule has 0 aromatic heterocycles. The normalized spacial score (nSPS) is 17.8. The summed E-state index contributed by atoms with van der Waals surface area (Å²) in [6.45, 7) is 2.52. The third-order valence-electron chi connectivity index (χ3n) is 6.22. The van der Waals surface area contributed by atoms with Gasteiger partial charge in [0.2, 0.25) is 0 Å². The molecule has 2 aromatic rings. The molecule has 6 nitrogen and oxygen atoms in total. The minimum atomic E-state index is -4.75. The van der Waals surface area contributed by atoms with Crippen molar-refractivity contribution >= 4 is 17.3 Å². The van der Waals surface area contributed by atoms with Crippen LogP contribution in [0.25, 0.3) is 0 Å². The zero-order valence-electron chi connectivity index (χ0n) is 17.8. The molecule has 0 bridgehead atoms. The summed E-state index contributed by atoms with van der Waals surface area (Å²) in [4.78, 5) is 27.8. The Kier molecular flexibility index (Phi) is 6.64. The summed E-state index contributed by atoms with van der Waals surface area (Å²) >= 11 is 0. The molecule has 0 aliphatic carbocycles. The zero-order chi connectivity index (χ0) is 23.6. The maximum absolute atomic E-state index is 14.0. The Balaban J connectivity index is 1.49. The van der Waals surface area contributed by atoms with E-state index in [2.05, 4.69) is 5.18 Å². The molecule has 0 N–H and O–H groups in total. The van der Waals surface area contributed by atoms with Crippen LogP contribution >= 0.6 is 0 Å². The monoisotopic (exact) mass is 465 g/mol. The van der Waals surface area contributed by atoms with Crippen LogP contribution in [0, 0.1) is 10.7 Å². The predicted molar refractivity (Wildman–Crippen MR) is 114 cm³/mol. The Morgan fingerprint density at radius 1 is 1.00 bits per heavy atom. The van der Waals surface area contributed by atoms with Crippen molar-refractivity contribution in [1.82, 2.24) is 4.90 Å². The summed E-state index contributed by atoms with van der Waals surface area (Å²) in [6.07, 6.45) is -3.19. The van der Waals surface area contributed by atoms with Crippen LogP contribution in [0.5, 0.6) is 0 Å². The van der Waals surface area contributed by atoms with Crippen molar-refractivity contribution < 1.29 is 27.1 Å². The van der Waals surface area contributed by atoms with Crippen LogP contribution in [0.4, 0.5) is 28.9 Å². The molecule has 0 saturated carbocycles. The van der Waals surface area contributed by atoms with Gasteiger partial charge in [0.1, 0.15) is 11.5 Å². The van der Waals surface area contributed by atoms with Gasteiger partial charge in [-0.3, -0.25) is 4.79 Å². The number of carbonyl (C=O) groups excluding carboxylic acids is 1. The Labute approximate surface area is 188 Å². The number of hydrogen-bond donors (Lipinski definition) is 0. The average molecular weight is 465 g/mol. The third kappa shape index (κ3) is 5.00. The summed E-state index contributed by atoms with van der Waals surface area (Å²) in [5.41, 5.74) is 0.510. The molecule has 2 aliphatic heterocycles. The third-order valence-corrected chi connectivity index (χ3v) is 6.22. The summed E-state index contributed by atoms with van der Waals surface area (Å²) in [5.74, 6) is -1.40. The molecule has 0 unspecified atom stereocenters. The Morgan fingerprint density at radius 3 is 2.30 bits per heavy atom. The molecule has 0 spiro atoms. The van der Waals surface area contributed by atoms with Crippen molar-refractivity contribution in [2.75, 3.05) is 44.3 Å². The van der Waals surface area contributed by atoms with Crippen LogP contribution in [0.1, 0.15) is 40.2 Å². The Morgan fingerprint density at radius 2 is 1.70 bits per heavy atom. The highest BCUT2D eigenvalue weighted by molar-refractivity contribution is 5.97. The number of ether oxygens (including phenoxy) is 1. The van der Waals surface area contributed by atoms with Gasteiger partial charge in [0.25, 0.3) is 5.91 Å². The lowest BCUT2D eigenvalue weighted by Gasteiger charge is -2.37. The fourth-order valence-corrected chi connectivity index (χ4v) is 4.42. The van der Waals surface area contributed by atoms with Gasteiger partial charge >= 0.3 is 6.18 Å². The van der Waals surface area contributed by atoms with Crippen molar-refractivity contribution in [3.05, 3.63) is 63.8 Å². The maximum atomic E-state index is 14.0. The summed E-state index contributed by atoms with van der Waals surface area (Å²) < 4.78 is 57.8. The molecule has 0 atom stereocenters. The van der Waals surface area contributed by atoms with Crippen LogP contribution in [-0.4, -0.2) is 50.2 Å². The topological polar surface area (TPSA) is 62.2 Å². The second-order valence-corrected chi connectivity index (χ2v) is 8.19. The number of alkyl halides is 3. The second kappa shape index (κ2) is 9.46. The van der Waals surface area contributed by atoms with Crippen molar-refractivity contribution in [3.8, 4) is 0 Å².